The molecule has 0 saturated carbocycles. The quantitative estimate of drug-likeness (QED) is 0.455. The van der Waals surface area contributed by atoms with Crippen LogP contribution < -0.4 is 10.2 Å². The standard InChI is InChI=1S/C25H23N3O4S/c1-17-8-6-7-11-22(17)27-33(31,32)19-12-13-23-20(14-19)24(29)21(15-26-23)25(30)28(2)16-18-9-4-3-5-10-18/h3-15,27H,16H2,1-2H3,(H,26,29). The van der Waals surface area contributed by atoms with Crippen molar-refractivity contribution in [3.63, 3.8) is 0 Å². The molecule has 4 rings (SSSR count). The highest BCUT2D eigenvalue weighted by Gasteiger charge is 2.20. The highest BCUT2D eigenvalue weighted by atomic mass is 32.2. The fraction of sp³-hybridized carbons (Fsp3) is 0.120. The number of H-pyrrole nitrogens is 1. The van der Waals surface area contributed by atoms with Gasteiger partial charge in [0.2, 0.25) is 5.43 Å². The second kappa shape index (κ2) is 8.91. The van der Waals surface area contributed by atoms with Crippen LogP contribution in [-0.2, 0) is 16.6 Å². The highest BCUT2D eigenvalue weighted by Crippen LogP contribution is 2.21. The molecule has 0 aliphatic heterocycles. The van der Waals surface area contributed by atoms with Crippen molar-refractivity contribution in [1.29, 1.82) is 0 Å². The molecular weight excluding hydrogens is 438 g/mol. The summed E-state index contributed by atoms with van der Waals surface area (Å²) in [6.45, 7) is 2.14. The SMILES string of the molecule is Cc1ccccc1NS(=O)(=O)c1ccc2[nH]cc(C(=O)N(C)Cc3ccccc3)c(=O)c2c1. The molecule has 4 aromatic rings. The Hall–Kier alpha value is -3.91. The van der Waals surface area contributed by atoms with Gasteiger partial charge in [0, 0.05) is 30.7 Å². The van der Waals surface area contributed by atoms with Crippen LogP contribution in [0, 0.1) is 6.92 Å². The molecule has 1 heterocycles. The van der Waals surface area contributed by atoms with Crippen molar-refractivity contribution in [2.75, 3.05) is 11.8 Å². The van der Waals surface area contributed by atoms with Crippen molar-refractivity contribution < 1.29 is 13.2 Å². The fourth-order valence-corrected chi connectivity index (χ4v) is 4.71. The van der Waals surface area contributed by atoms with Gasteiger partial charge in [-0.1, -0.05) is 48.5 Å². The molecular formula is C25H23N3O4S. The van der Waals surface area contributed by atoms with Crippen LogP contribution in [0.2, 0.25) is 0 Å². The summed E-state index contributed by atoms with van der Waals surface area (Å²) in [5, 5.41) is 0.126. The van der Waals surface area contributed by atoms with E-state index in [1.165, 1.54) is 29.3 Å². The smallest absolute Gasteiger partial charge is 0.261 e. The van der Waals surface area contributed by atoms with E-state index in [0.717, 1.165) is 11.1 Å². The number of hydrogen-bond acceptors (Lipinski definition) is 4. The average molecular weight is 462 g/mol. The van der Waals surface area contributed by atoms with Gasteiger partial charge in [-0.05, 0) is 42.3 Å². The number of aromatic amines is 1. The number of para-hydroxylation sites is 1. The number of aromatic nitrogens is 1. The predicted octanol–water partition coefficient (Wildman–Crippen LogP) is 3.91. The molecule has 1 aromatic heterocycles. The number of fused-ring (bicyclic) bond motifs is 1. The Morgan fingerprint density at radius 2 is 1.70 bits per heavy atom. The maximum absolute atomic E-state index is 13.1. The number of carbonyl (C=O) groups is 1. The molecule has 0 atom stereocenters. The van der Waals surface area contributed by atoms with Crippen LogP contribution in [0.3, 0.4) is 0 Å². The Kier molecular flexibility index (Phi) is 6.02. The maximum atomic E-state index is 13.1. The number of carbonyl (C=O) groups excluding carboxylic acids is 1. The molecule has 2 N–H and O–H groups in total. The monoisotopic (exact) mass is 461 g/mol. The lowest BCUT2D eigenvalue weighted by molar-refractivity contribution is 0.0783. The van der Waals surface area contributed by atoms with Gasteiger partial charge >= 0.3 is 0 Å². The Morgan fingerprint density at radius 1 is 1.00 bits per heavy atom. The van der Waals surface area contributed by atoms with E-state index in [2.05, 4.69) is 9.71 Å². The number of sulfonamides is 1. The molecule has 0 bridgehead atoms. The maximum Gasteiger partial charge on any atom is 0.261 e. The van der Waals surface area contributed by atoms with Crippen molar-refractivity contribution >= 4 is 32.5 Å². The second-order valence-electron chi connectivity index (χ2n) is 7.81. The normalized spacial score (nSPS) is 11.3. The number of aryl methyl sites for hydroxylation is 1. The van der Waals surface area contributed by atoms with Gasteiger partial charge in [-0.3, -0.25) is 14.3 Å². The summed E-state index contributed by atoms with van der Waals surface area (Å²) in [6.07, 6.45) is 1.37. The molecule has 3 aromatic carbocycles. The minimum absolute atomic E-state index is 0.0534. The molecule has 0 radical (unpaired) electrons. The van der Waals surface area contributed by atoms with E-state index in [4.69, 9.17) is 0 Å². The minimum Gasteiger partial charge on any atom is -0.360 e. The molecule has 0 saturated heterocycles. The lowest BCUT2D eigenvalue weighted by Gasteiger charge is -2.17. The lowest BCUT2D eigenvalue weighted by atomic mass is 10.1. The van der Waals surface area contributed by atoms with Crippen LogP contribution in [0.15, 0.2) is 88.7 Å². The summed E-state index contributed by atoms with van der Waals surface area (Å²) < 4.78 is 28.4. The minimum atomic E-state index is -3.93. The van der Waals surface area contributed by atoms with E-state index in [0.29, 0.717) is 17.7 Å². The number of nitrogens with one attached hydrogen (secondary N) is 2. The van der Waals surface area contributed by atoms with Gasteiger partial charge in [-0.2, -0.15) is 0 Å². The number of pyridine rings is 1. The van der Waals surface area contributed by atoms with Crippen molar-refractivity contribution in [3.8, 4) is 0 Å². The van der Waals surface area contributed by atoms with Gasteiger partial charge < -0.3 is 9.88 Å². The Bertz CT molecular complexity index is 1500. The fourth-order valence-electron chi connectivity index (χ4n) is 3.55. The summed E-state index contributed by atoms with van der Waals surface area (Å²) in [5.74, 6) is -0.451. The molecule has 0 aliphatic rings. The molecule has 8 heteroatoms. The first-order valence-corrected chi connectivity index (χ1v) is 11.8. The second-order valence-corrected chi connectivity index (χ2v) is 9.49. The Balaban J connectivity index is 1.68. The van der Waals surface area contributed by atoms with Crippen LogP contribution in [0.5, 0.6) is 0 Å². The van der Waals surface area contributed by atoms with E-state index in [-0.39, 0.29) is 15.8 Å². The first-order chi connectivity index (χ1) is 15.8. The highest BCUT2D eigenvalue weighted by molar-refractivity contribution is 7.92. The summed E-state index contributed by atoms with van der Waals surface area (Å²) in [6, 6.07) is 20.7. The number of rotatable bonds is 6. The van der Waals surface area contributed by atoms with Crippen molar-refractivity contribution in [2.45, 2.75) is 18.4 Å². The molecule has 33 heavy (non-hydrogen) atoms. The number of amides is 1. The Labute approximate surface area is 191 Å². The zero-order valence-corrected chi connectivity index (χ0v) is 19.0. The molecule has 7 nitrogen and oxygen atoms in total. The summed E-state index contributed by atoms with van der Waals surface area (Å²) in [7, 11) is -2.32. The van der Waals surface area contributed by atoms with Gasteiger partial charge in [-0.25, -0.2) is 8.42 Å². The lowest BCUT2D eigenvalue weighted by Crippen LogP contribution is -2.30. The van der Waals surface area contributed by atoms with Crippen molar-refractivity contribution in [2.24, 2.45) is 0 Å². The van der Waals surface area contributed by atoms with Gasteiger partial charge in [0.15, 0.2) is 0 Å². The molecule has 0 spiro atoms. The molecule has 0 unspecified atom stereocenters. The van der Waals surface area contributed by atoms with E-state index in [1.54, 1.807) is 32.2 Å². The molecule has 0 fully saturated rings. The van der Waals surface area contributed by atoms with Crippen LogP contribution in [0.4, 0.5) is 5.69 Å². The molecule has 0 aliphatic carbocycles. The number of hydrogen-bond donors (Lipinski definition) is 2. The first kappa shape index (κ1) is 22.3. The number of benzene rings is 3. The number of anilines is 1. The van der Waals surface area contributed by atoms with Crippen LogP contribution in [0.1, 0.15) is 21.5 Å². The van der Waals surface area contributed by atoms with Gasteiger partial charge in [0.05, 0.1) is 10.6 Å². The number of nitrogens with zero attached hydrogens (tertiary/aromatic N) is 1. The predicted molar refractivity (Wildman–Crippen MR) is 129 cm³/mol. The van der Waals surface area contributed by atoms with Gasteiger partial charge in [0.25, 0.3) is 15.9 Å². The summed E-state index contributed by atoms with van der Waals surface area (Å²) >= 11 is 0. The zero-order chi connectivity index (χ0) is 23.6. The van der Waals surface area contributed by atoms with E-state index < -0.39 is 21.4 Å². The van der Waals surface area contributed by atoms with Gasteiger partial charge in [-0.15, -0.1) is 0 Å². The topological polar surface area (TPSA) is 99.3 Å². The third-order valence-electron chi connectivity index (χ3n) is 5.39. The van der Waals surface area contributed by atoms with Crippen LogP contribution in [0.25, 0.3) is 10.9 Å². The van der Waals surface area contributed by atoms with Crippen molar-refractivity contribution in [1.82, 2.24) is 9.88 Å². The third kappa shape index (κ3) is 4.65. The van der Waals surface area contributed by atoms with E-state index in [9.17, 15) is 18.0 Å². The molecule has 168 valence electrons. The Morgan fingerprint density at radius 3 is 2.42 bits per heavy atom. The van der Waals surface area contributed by atoms with E-state index in [1.807, 2.05) is 36.4 Å². The van der Waals surface area contributed by atoms with Gasteiger partial charge in [0.1, 0.15) is 5.56 Å². The average Bonchev–Trinajstić information content (AvgIpc) is 2.81. The molecule has 1 amide bonds. The zero-order valence-electron chi connectivity index (χ0n) is 18.2. The van der Waals surface area contributed by atoms with Crippen LogP contribution >= 0.6 is 0 Å². The van der Waals surface area contributed by atoms with Crippen molar-refractivity contribution in [3.05, 3.63) is 106 Å². The first-order valence-electron chi connectivity index (χ1n) is 10.3. The summed E-state index contributed by atoms with van der Waals surface area (Å²) in [4.78, 5) is 30.4. The largest absolute Gasteiger partial charge is 0.360 e. The summed E-state index contributed by atoms with van der Waals surface area (Å²) in [5.41, 5.74) is 2.02. The van der Waals surface area contributed by atoms with Crippen LogP contribution in [-0.4, -0.2) is 31.3 Å². The third-order valence-corrected chi connectivity index (χ3v) is 6.75. The van der Waals surface area contributed by atoms with E-state index >= 15 is 0 Å².